The van der Waals surface area contributed by atoms with E-state index in [2.05, 4.69) is 16.0 Å². The molecule has 0 saturated carbocycles. The number of halogens is 1. The number of carbonyl (C=O) groups is 2. The number of benzene rings is 2. The van der Waals surface area contributed by atoms with Crippen molar-refractivity contribution in [2.24, 2.45) is 0 Å². The van der Waals surface area contributed by atoms with Crippen molar-refractivity contribution in [1.29, 1.82) is 0 Å². The van der Waals surface area contributed by atoms with Gasteiger partial charge in [-0.1, -0.05) is 13.0 Å². The van der Waals surface area contributed by atoms with Crippen LogP contribution in [-0.2, 0) is 0 Å². The molecule has 5 nitrogen and oxygen atoms in total. The Labute approximate surface area is 157 Å². The highest BCUT2D eigenvalue weighted by molar-refractivity contribution is 7.80. The Morgan fingerprint density at radius 3 is 2.42 bits per heavy atom. The summed E-state index contributed by atoms with van der Waals surface area (Å²) in [6.45, 7) is 3.92. The lowest BCUT2D eigenvalue weighted by Crippen LogP contribution is -2.34. The van der Waals surface area contributed by atoms with E-state index in [0.717, 1.165) is 6.42 Å². The topological polar surface area (TPSA) is 70.2 Å². The van der Waals surface area contributed by atoms with Crippen molar-refractivity contribution in [3.8, 4) is 0 Å². The van der Waals surface area contributed by atoms with Crippen LogP contribution < -0.4 is 16.0 Å². The van der Waals surface area contributed by atoms with Crippen molar-refractivity contribution in [1.82, 2.24) is 10.6 Å². The molecular formula is C19H20FN3O2S. The number of amides is 2. The molecule has 1 unspecified atom stereocenters. The molecule has 3 N–H and O–H groups in total. The van der Waals surface area contributed by atoms with E-state index in [4.69, 9.17) is 12.2 Å². The monoisotopic (exact) mass is 373 g/mol. The Balaban J connectivity index is 1.98. The zero-order valence-electron chi connectivity index (χ0n) is 14.5. The minimum absolute atomic E-state index is 0.0789. The van der Waals surface area contributed by atoms with E-state index in [9.17, 15) is 14.0 Å². The maximum absolute atomic E-state index is 12.9. The van der Waals surface area contributed by atoms with Crippen LogP contribution in [0, 0.1) is 5.82 Å². The molecule has 2 rings (SSSR count). The number of nitrogens with one attached hydrogen (secondary N) is 3. The van der Waals surface area contributed by atoms with Crippen LogP contribution in [0.2, 0.25) is 0 Å². The van der Waals surface area contributed by atoms with Crippen molar-refractivity contribution in [2.45, 2.75) is 26.3 Å². The van der Waals surface area contributed by atoms with E-state index in [1.165, 1.54) is 24.3 Å². The summed E-state index contributed by atoms with van der Waals surface area (Å²) in [5, 5.41) is 8.34. The van der Waals surface area contributed by atoms with Crippen LogP contribution in [-0.4, -0.2) is 23.0 Å². The molecule has 0 spiro atoms. The van der Waals surface area contributed by atoms with Gasteiger partial charge in [0.25, 0.3) is 11.8 Å². The molecule has 26 heavy (non-hydrogen) atoms. The predicted molar refractivity (Wildman–Crippen MR) is 104 cm³/mol. The summed E-state index contributed by atoms with van der Waals surface area (Å²) in [5.41, 5.74) is 1.35. The van der Waals surface area contributed by atoms with Gasteiger partial charge >= 0.3 is 0 Å². The summed E-state index contributed by atoms with van der Waals surface area (Å²) in [6.07, 6.45) is 0.836. The van der Waals surface area contributed by atoms with Crippen molar-refractivity contribution in [3.63, 3.8) is 0 Å². The van der Waals surface area contributed by atoms with E-state index >= 15 is 0 Å². The molecule has 0 aliphatic rings. The lowest BCUT2D eigenvalue weighted by Gasteiger charge is -2.13. The van der Waals surface area contributed by atoms with Crippen LogP contribution in [0.5, 0.6) is 0 Å². The Morgan fingerprint density at radius 2 is 1.77 bits per heavy atom. The number of hydrogen-bond acceptors (Lipinski definition) is 3. The summed E-state index contributed by atoms with van der Waals surface area (Å²) in [4.78, 5) is 24.2. The molecule has 0 heterocycles. The smallest absolute Gasteiger partial charge is 0.257 e. The summed E-state index contributed by atoms with van der Waals surface area (Å²) in [6, 6.07) is 12.0. The highest BCUT2D eigenvalue weighted by Crippen LogP contribution is 2.11. The fourth-order valence-corrected chi connectivity index (χ4v) is 2.30. The molecule has 0 fully saturated rings. The van der Waals surface area contributed by atoms with Gasteiger partial charge in [-0.3, -0.25) is 14.9 Å². The third-order valence-corrected chi connectivity index (χ3v) is 3.91. The summed E-state index contributed by atoms with van der Waals surface area (Å²) in [7, 11) is 0. The van der Waals surface area contributed by atoms with Gasteiger partial charge in [0.15, 0.2) is 5.11 Å². The third kappa shape index (κ3) is 5.63. The van der Waals surface area contributed by atoms with Gasteiger partial charge in [0, 0.05) is 22.9 Å². The maximum Gasteiger partial charge on any atom is 0.257 e. The second-order valence-corrected chi connectivity index (χ2v) is 6.19. The molecule has 7 heteroatoms. The minimum atomic E-state index is -0.451. The van der Waals surface area contributed by atoms with E-state index in [1.807, 2.05) is 13.8 Å². The van der Waals surface area contributed by atoms with Gasteiger partial charge in [-0.15, -0.1) is 0 Å². The van der Waals surface area contributed by atoms with Gasteiger partial charge in [-0.05, 0) is 68.0 Å². The number of carbonyl (C=O) groups excluding carboxylic acids is 2. The first-order valence-electron chi connectivity index (χ1n) is 8.18. The Hall–Kier alpha value is -2.80. The quantitative estimate of drug-likeness (QED) is 0.702. The van der Waals surface area contributed by atoms with E-state index in [1.54, 1.807) is 24.3 Å². The first kappa shape index (κ1) is 19.5. The zero-order chi connectivity index (χ0) is 19.1. The molecule has 2 aromatic carbocycles. The second kappa shape index (κ2) is 9.05. The molecule has 136 valence electrons. The second-order valence-electron chi connectivity index (χ2n) is 5.78. The maximum atomic E-state index is 12.9. The van der Waals surface area contributed by atoms with Crippen molar-refractivity contribution >= 4 is 34.8 Å². The average molecular weight is 373 g/mol. The Bertz CT molecular complexity index is 809. The van der Waals surface area contributed by atoms with E-state index in [0.29, 0.717) is 11.3 Å². The fraction of sp³-hybridized carbons (Fsp3) is 0.211. The molecule has 0 aliphatic carbocycles. The SMILES string of the molecule is CCC(C)NC(=O)c1cccc(NC(=S)NC(=O)c2ccc(F)cc2)c1. The highest BCUT2D eigenvalue weighted by atomic mass is 32.1. The van der Waals surface area contributed by atoms with Gasteiger partial charge in [0.1, 0.15) is 5.82 Å². The molecular weight excluding hydrogens is 353 g/mol. The molecule has 0 aromatic heterocycles. The van der Waals surface area contributed by atoms with E-state index < -0.39 is 11.7 Å². The first-order valence-corrected chi connectivity index (χ1v) is 8.58. The number of anilines is 1. The number of rotatable bonds is 5. The van der Waals surface area contributed by atoms with Gasteiger partial charge in [0.05, 0.1) is 0 Å². The Kier molecular flexibility index (Phi) is 6.80. The van der Waals surface area contributed by atoms with Gasteiger partial charge in [-0.2, -0.15) is 0 Å². The van der Waals surface area contributed by atoms with Crippen molar-refractivity contribution in [2.75, 3.05) is 5.32 Å². The van der Waals surface area contributed by atoms with Crippen LogP contribution in [0.15, 0.2) is 48.5 Å². The lowest BCUT2D eigenvalue weighted by atomic mass is 10.1. The predicted octanol–water partition coefficient (Wildman–Crippen LogP) is 3.48. The lowest BCUT2D eigenvalue weighted by molar-refractivity contribution is 0.0937. The molecule has 0 saturated heterocycles. The van der Waals surface area contributed by atoms with Gasteiger partial charge in [-0.25, -0.2) is 4.39 Å². The highest BCUT2D eigenvalue weighted by Gasteiger charge is 2.11. The third-order valence-electron chi connectivity index (χ3n) is 3.71. The average Bonchev–Trinajstić information content (AvgIpc) is 2.62. The summed E-state index contributed by atoms with van der Waals surface area (Å²) >= 11 is 5.12. The molecule has 0 radical (unpaired) electrons. The van der Waals surface area contributed by atoms with Gasteiger partial charge in [0.2, 0.25) is 0 Å². The minimum Gasteiger partial charge on any atom is -0.350 e. The zero-order valence-corrected chi connectivity index (χ0v) is 15.3. The Morgan fingerprint density at radius 1 is 1.08 bits per heavy atom. The first-order chi connectivity index (χ1) is 12.4. The number of hydrogen-bond donors (Lipinski definition) is 3. The van der Waals surface area contributed by atoms with Crippen LogP contribution >= 0.6 is 12.2 Å². The molecule has 0 aliphatic heterocycles. The van der Waals surface area contributed by atoms with Crippen molar-refractivity contribution in [3.05, 3.63) is 65.5 Å². The molecule has 2 amide bonds. The van der Waals surface area contributed by atoms with Crippen molar-refractivity contribution < 1.29 is 14.0 Å². The van der Waals surface area contributed by atoms with E-state index in [-0.39, 0.29) is 22.6 Å². The summed E-state index contributed by atoms with van der Waals surface area (Å²) < 4.78 is 12.9. The number of thiocarbonyl (C=S) groups is 1. The standard InChI is InChI=1S/C19H20FN3O2S/c1-3-12(2)21-18(25)14-5-4-6-16(11-14)22-19(26)23-17(24)13-7-9-15(20)10-8-13/h4-12H,3H2,1-2H3,(H,21,25)(H2,22,23,24,26). The van der Waals surface area contributed by atoms with Crippen LogP contribution in [0.3, 0.4) is 0 Å². The summed E-state index contributed by atoms with van der Waals surface area (Å²) in [5.74, 6) is -1.05. The van der Waals surface area contributed by atoms with Crippen LogP contribution in [0.4, 0.5) is 10.1 Å². The van der Waals surface area contributed by atoms with Gasteiger partial charge < -0.3 is 10.6 Å². The molecule has 0 bridgehead atoms. The molecule has 2 aromatic rings. The van der Waals surface area contributed by atoms with Crippen LogP contribution in [0.1, 0.15) is 41.0 Å². The van der Waals surface area contributed by atoms with Crippen LogP contribution in [0.25, 0.3) is 0 Å². The largest absolute Gasteiger partial charge is 0.350 e. The fourth-order valence-electron chi connectivity index (χ4n) is 2.09. The normalized spacial score (nSPS) is 11.3. The molecule has 1 atom stereocenters.